The van der Waals surface area contributed by atoms with E-state index in [0.29, 0.717) is 12.0 Å². The van der Waals surface area contributed by atoms with Crippen LogP contribution in [0.1, 0.15) is 33.1 Å². The second-order valence-electron chi connectivity index (χ2n) is 3.16. The Morgan fingerprint density at radius 2 is 2.31 bits per heavy atom. The zero-order valence-electron chi connectivity index (χ0n) is 8.13. The Hall–Kier alpha value is -1.12. The van der Waals surface area contributed by atoms with E-state index >= 15 is 0 Å². The number of aliphatic hydroxyl groups is 1. The summed E-state index contributed by atoms with van der Waals surface area (Å²) < 4.78 is 0. The molecule has 0 unspecified atom stereocenters. The summed E-state index contributed by atoms with van der Waals surface area (Å²) in [4.78, 5) is 15.4. The summed E-state index contributed by atoms with van der Waals surface area (Å²) in [6.45, 7) is 4.08. The molecule has 0 bridgehead atoms. The van der Waals surface area contributed by atoms with Crippen LogP contribution in [0, 0.1) is 0 Å². The van der Waals surface area contributed by atoms with Gasteiger partial charge in [-0.15, -0.1) is 0 Å². The second kappa shape index (κ2) is 4.21. The predicted molar refractivity (Wildman–Crippen MR) is 52.2 cm³/mol. The molecule has 0 atom stereocenters. The maximum absolute atomic E-state index is 11.2. The molecular weight excluding hydrogens is 166 g/mol. The topological polar surface area (TPSA) is 49.7 Å². The highest BCUT2D eigenvalue weighted by atomic mass is 16.3. The van der Waals surface area contributed by atoms with Crippen molar-refractivity contribution in [3.8, 4) is 0 Å². The molecule has 0 aromatic heterocycles. The summed E-state index contributed by atoms with van der Waals surface area (Å²) in [6.07, 6.45) is 2.30. The quantitative estimate of drug-likeness (QED) is 0.535. The number of nitrogens with zero attached hydrogens (tertiary/aromatic N) is 1. The lowest BCUT2D eigenvalue weighted by molar-refractivity contribution is -0.113. The lowest BCUT2D eigenvalue weighted by Gasteiger charge is -2.05. The van der Waals surface area contributed by atoms with Gasteiger partial charge in [0, 0.05) is 18.7 Å². The maximum Gasteiger partial charge on any atom is 0.164 e. The van der Waals surface area contributed by atoms with Gasteiger partial charge >= 0.3 is 0 Å². The van der Waals surface area contributed by atoms with Crippen LogP contribution in [-0.4, -0.2) is 23.1 Å². The van der Waals surface area contributed by atoms with Gasteiger partial charge in [-0.3, -0.25) is 9.79 Å². The number of aliphatic imine (C=N–C) groups is 1. The SMILES string of the molecule is CC/C(O)=C(/C(C)=O)C1=NCCC1. The van der Waals surface area contributed by atoms with Gasteiger partial charge in [-0.25, -0.2) is 0 Å². The third kappa shape index (κ3) is 2.17. The molecule has 0 amide bonds. The molecule has 0 aromatic rings. The van der Waals surface area contributed by atoms with Crippen molar-refractivity contribution in [2.24, 2.45) is 4.99 Å². The van der Waals surface area contributed by atoms with Gasteiger partial charge < -0.3 is 5.11 Å². The molecule has 0 saturated carbocycles. The fourth-order valence-electron chi connectivity index (χ4n) is 1.49. The van der Waals surface area contributed by atoms with Gasteiger partial charge in [0.1, 0.15) is 5.76 Å². The summed E-state index contributed by atoms with van der Waals surface area (Å²) in [6, 6.07) is 0. The molecule has 1 rings (SSSR count). The van der Waals surface area contributed by atoms with Crippen LogP contribution >= 0.6 is 0 Å². The zero-order valence-corrected chi connectivity index (χ0v) is 8.13. The van der Waals surface area contributed by atoms with E-state index in [9.17, 15) is 9.90 Å². The summed E-state index contributed by atoms with van der Waals surface area (Å²) >= 11 is 0. The van der Waals surface area contributed by atoms with Crippen LogP contribution < -0.4 is 0 Å². The molecule has 72 valence electrons. The van der Waals surface area contributed by atoms with Crippen LogP contribution in [0.2, 0.25) is 0 Å². The average Bonchev–Trinajstić information content (AvgIpc) is 2.56. The van der Waals surface area contributed by atoms with Gasteiger partial charge in [-0.2, -0.15) is 0 Å². The fourth-order valence-corrected chi connectivity index (χ4v) is 1.49. The zero-order chi connectivity index (χ0) is 9.84. The van der Waals surface area contributed by atoms with E-state index in [2.05, 4.69) is 4.99 Å². The highest BCUT2D eigenvalue weighted by molar-refractivity contribution is 6.22. The number of hydrogen-bond acceptors (Lipinski definition) is 3. The molecule has 1 aliphatic rings. The molecule has 3 heteroatoms. The molecule has 0 spiro atoms. The van der Waals surface area contributed by atoms with E-state index in [1.165, 1.54) is 6.92 Å². The van der Waals surface area contributed by atoms with Crippen molar-refractivity contribution < 1.29 is 9.90 Å². The smallest absolute Gasteiger partial charge is 0.164 e. The van der Waals surface area contributed by atoms with Gasteiger partial charge in [0.05, 0.1) is 5.57 Å². The van der Waals surface area contributed by atoms with E-state index in [4.69, 9.17) is 0 Å². The molecule has 1 heterocycles. The summed E-state index contributed by atoms with van der Waals surface area (Å²) in [5.41, 5.74) is 1.23. The van der Waals surface area contributed by atoms with Crippen LogP contribution in [-0.2, 0) is 4.79 Å². The minimum atomic E-state index is -0.0833. The average molecular weight is 181 g/mol. The number of rotatable bonds is 3. The Morgan fingerprint density at radius 3 is 2.69 bits per heavy atom. The van der Waals surface area contributed by atoms with Crippen molar-refractivity contribution in [3.63, 3.8) is 0 Å². The van der Waals surface area contributed by atoms with Crippen LogP contribution in [0.3, 0.4) is 0 Å². The number of carbonyl (C=O) groups excluding carboxylic acids is 1. The highest BCUT2D eigenvalue weighted by Crippen LogP contribution is 2.16. The van der Waals surface area contributed by atoms with Crippen molar-refractivity contribution in [2.45, 2.75) is 33.1 Å². The van der Waals surface area contributed by atoms with Crippen molar-refractivity contribution in [3.05, 3.63) is 11.3 Å². The number of carbonyl (C=O) groups is 1. The number of Topliss-reactive ketones (excluding diaryl/α,β-unsaturated/α-hetero) is 1. The number of aliphatic hydroxyl groups excluding tert-OH is 1. The van der Waals surface area contributed by atoms with Crippen molar-refractivity contribution in [1.29, 1.82) is 0 Å². The van der Waals surface area contributed by atoms with Gasteiger partial charge in [-0.05, 0) is 19.8 Å². The largest absolute Gasteiger partial charge is 0.512 e. The maximum atomic E-state index is 11.2. The van der Waals surface area contributed by atoms with Crippen LogP contribution in [0.15, 0.2) is 16.3 Å². The molecular formula is C10H15NO2. The third-order valence-electron chi connectivity index (χ3n) is 2.14. The highest BCUT2D eigenvalue weighted by Gasteiger charge is 2.19. The summed E-state index contributed by atoms with van der Waals surface area (Å²) in [7, 11) is 0. The van der Waals surface area contributed by atoms with Crippen LogP contribution in [0.25, 0.3) is 0 Å². The molecule has 0 aliphatic carbocycles. The Balaban J connectivity index is 2.98. The summed E-state index contributed by atoms with van der Waals surface area (Å²) in [5.74, 6) is 0.0909. The first kappa shape index (κ1) is 9.96. The Kier molecular flexibility index (Phi) is 3.23. The Labute approximate surface area is 78.2 Å². The van der Waals surface area contributed by atoms with Crippen LogP contribution in [0.5, 0.6) is 0 Å². The van der Waals surface area contributed by atoms with E-state index in [-0.39, 0.29) is 11.5 Å². The number of allylic oxidation sites excluding steroid dienone is 2. The van der Waals surface area contributed by atoms with Crippen molar-refractivity contribution in [2.75, 3.05) is 6.54 Å². The second-order valence-corrected chi connectivity index (χ2v) is 3.16. The number of hydrogen-bond donors (Lipinski definition) is 1. The predicted octanol–water partition coefficient (Wildman–Crippen LogP) is 2.03. The minimum Gasteiger partial charge on any atom is -0.512 e. The monoisotopic (exact) mass is 181 g/mol. The standard InChI is InChI=1S/C10H15NO2/c1-3-9(13)10(7(2)12)8-5-4-6-11-8/h13H,3-6H2,1-2H3/b10-9+. The van der Waals surface area contributed by atoms with Crippen LogP contribution in [0.4, 0.5) is 0 Å². The summed E-state index contributed by atoms with van der Waals surface area (Å²) in [5, 5.41) is 9.53. The normalized spacial score (nSPS) is 18.2. The molecule has 13 heavy (non-hydrogen) atoms. The fraction of sp³-hybridized carbons (Fsp3) is 0.600. The van der Waals surface area contributed by atoms with E-state index in [1.807, 2.05) is 6.92 Å². The molecule has 0 aromatic carbocycles. The van der Waals surface area contributed by atoms with Gasteiger partial charge in [0.25, 0.3) is 0 Å². The Bertz CT molecular complexity index is 277. The first-order chi connectivity index (χ1) is 6.16. The molecule has 3 nitrogen and oxygen atoms in total. The van der Waals surface area contributed by atoms with Gasteiger partial charge in [0.2, 0.25) is 0 Å². The van der Waals surface area contributed by atoms with Gasteiger partial charge in [0.15, 0.2) is 5.78 Å². The van der Waals surface area contributed by atoms with Gasteiger partial charge in [-0.1, -0.05) is 6.92 Å². The van der Waals surface area contributed by atoms with E-state index < -0.39 is 0 Å². The minimum absolute atomic E-state index is 0.0833. The molecule has 0 radical (unpaired) electrons. The molecule has 1 N–H and O–H groups in total. The Morgan fingerprint density at radius 1 is 1.62 bits per heavy atom. The lowest BCUT2D eigenvalue weighted by atomic mass is 10.0. The first-order valence-electron chi connectivity index (χ1n) is 4.63. The number of ketones is 1. The van der Waals surface area contributed by atoms with Crippen molar-refractivity contribution in [1.82, 2.24) is 0 Å². The van der Waals surface area contributed by atoms with E-state index in [1.54, 1.807) is 0 Å². The lowest BCUT2D eigenvalue weighted by Crippen LogP contribution is -2.11. The first-order valence-corrected chi connectivity index (χ1v) is 4.63. The van der Waals surface area contributed by atoms with Crippen molar-refractivity contribution >= 4 is 11.5 Å². The molecule has 0 saturated heterocycles. The van der Waals surface area contributed by atoms with E-state index in [0.717, 1.165) is 25.1 Å². The third-order valence-corrected chi connectivity index (χ3v) is 2.14. The molecule has 0 fully saturated rings. The molecule has 1 aliphatic heterocycles.